The summed E-state index contributed by atoms with van der Waals surface area (Å²) in [6.07, 6.45) is 7.96. The van der Waals surface area contributed by atoms with Gasteiger partial charge in [0.05, 0.1) is 18.3 Å². The third-order valence-electron chi connectivity index (χ3n) is 12.5. The SMILES string of the molecule is CC(C)C[C@@H]1C[C@](C)(O)[C@@H]2[C@H]3CC[C@@H]4[C@@]5(C)C(=O)C=C(O)C(C)(C)[C@@H]5CC[C@@]4(C)[C@@]34CO[C@@]2(C4)O1. The number of hydrogen-bond donors (Lipinski definition) is 2. The fraction of sp³-hybridized carbons (Fsp3) is 0.900. The molecule has 0 aromatic carbocycles. The molecule has 0 aromatic heterocycles. The molecule has 35 heavy (non-hydrogen) atoms. The molecule has 6 rings (SSSR count). The summed E-state index contributed by atoms with van der Waals surface area (Å²) in [4.78, 5) is 13.7. The molecule has 3 saturated carbocycles. The summed E-state index contributed by atoms with van der Waals surface area (Å²) in [5.41, 5.74) is -1.85. The molecule has 196 valence electrons. The lowest BCUT2D eigenvalue weighted by Gasteiger charge is -2.68. The van der Waals surface area contributed by atoms with Crippen LogP contribution in [-0.4, -0.2) is 40.1 Å². The molecule has 0 amide bonds. The molecular weight excluding hydrogens is 440 g/mol. The number of rotatable bonds is 2. The van der Waals surface area contributed by atoms with Crippen molar-refractivity contribution in [1.29, 1.82) is 0 Å². The minimum absolute atomic E-state index is 0.0158. The molecular formula is C30H46O5. The van der Waals surface area contributed by atoms with E-state index in [4.69, 9.17) is 9.47 Å². The van der Waals surface area contributed by atoms with Crippen molar-refractivity contribution in [3.8, 4) is 0 Å². The highest BCUT2D eigenvalue weighted by molar-refractivity contribution is 5.97. The zero-order valence-corrected chi connectivity index (χ0v) is 22.8. The van der Waals surface area contributed by atoms with Crippen LogP contribution in [0.3, 0.4) is 0 Å². The molecule has 4 aliphatic carbocycles. The van der Waals surface area contributed by atoms with Gasteiger partial charge < -0.3 is 19.7 Å². The highest BCUT2D eigenvalue weighted by Gasteiger charge is 2.81. The Morgan fingerprint density at radius 1 is 1.09 bits per heavy atom. The summed E-state index contributed by atoms with van der Waals surface area (Å²) in [7, 11) is 0. The average Bonchev–Trinajstić information content (AvgIpc) is 3.23. The summed E-state index contributed by atoms with van der Waals surface area (Å²) in [6.45, 7) is 16.0. The largest absolute Gasteiger partial charge is 0.512 e. The smallest absolute Gasteiger partial charge is 0.175 e. The first-order valence-corrected chi connectivity index (χ1v) is 14.1. The molecule has 2 N–H and O–H groups in total. The van der Waals surface area contributed by atoms with Crippen LogP contribution in [0.2, 0.25) is 0 Å². The Morgan fingerprint density at radius 2 is 1.80 bits per heavy atom. The summed E-state index contributed by atoms with van der Waals surface area (Å²) in [6, 6.07) is 0. The van der Waals surface area contributed by atoms with E-state index >= 15 is 0 Å². The lowest BCUT2D eigenvalue weighted by Crippen LogP contribution is -2.67. The van der Waals surface area contributed by atoms with Crippen molar-refractivity contribution in [3.05, 3.63) is 11.8 Å². The quantitative estimate of drug-likeness (QED) is 0.515. The number of aliphatic hydroxyl groups excluding tert-OH is 1. The Hall–Kier alpha value is -0.910. The maximum Gasteiger partial charge on any atom is 0.175 e. The van der Waals surface area contributed by atoms with Gasteiger partial charge in [0, 0.05) is 41.1 Å². The fourth-order valence-corrected chi connectivity index (χ4v) is 11.2. The zero-order valence-electron chi connectivity index (χ0n) is 22.8. The first-order chi connectivity index (χ1) is 16.1. The lowest BCUT2D eigenvalue weighted by atomic mass is 9.35. The molecule has 2 saturated heterocycles. The maximum atomic E-state index is 13.7. The number of aliphatic hydroxyl groups is 2. The highest BCUT2D eigenvalue weighted by Crippen LogP contribution is 2.80. The van der Waals surface area contributed by atoms with E-state index in [1.807, 2.05) is 6.92 Å². The number of fused-ring (bicyclic) bond motifs is 4. The van der Waals surface area contributed by atoms with E-state index in [9.17, 15) is 15.0 Å². The monoisotopic (exact) mass is 486 g/mol. The van der Waals surface area contributed by atoms with E-state index in [0.29, 0.717) is 24.9 Å². The molecule has 0 unspecified atom stereocenters. The van der Waals surface area contributed by atoms with Crippen LogP contribution < -0.4 is 0 Å². The van der Waals surface area contributed by atoms with Gasteiger partial charge in [-0.05, 0) is 68.1 Å². The van der Waals surface area contributed by atoms with Gasteiger partial charge in [-0.3, -0.25) is 4.79 Å². The Labute approximate surface area is 211 Å². The Kier molecular flexibility index (Phi) is 4.84. The predicted octanol–water partition coefficient (Wildman–Crippen LogP) is 5.80. The summed E-state index contributed by atoms with van der Waals surface area (Å²) in [5, 5.41) is 22.6. The Balaban J connectivity index is 1.43. The van der Waals surface area contributed by atoms with Gasteiger partial charge >= 0.3 is 0 Å². The number of carbonyl (C=O) groups excluding carboxylic acids is 1. The van der Waals surface area contributed by atoms with Gasteiger partial charge in [-0.15, -0.1) is 0 Å². The van der Waals surface area contributed by atoms with Crippen molar-refractivity contribution in [3.63, 3.8) is 0 Å². The van der Waals surface area contributed by atoms with E-state index in [0.717, 1.165) is 38.5 Å². The zero-order chi connectivity index (χ0) is 25.4. The van der Waals surface area contributed by atoms with Gasteiger partial charge in [-0.1, -0.05) is 41.5 Å². The second kappa shape index (κ2) is 6.94. The molecule has 10 atom stereocenters. The Morgan fingerprint density at radius 3 is 2.49 bits per heavy atom. The van der Waals surface area contributed by atoms with Crippen LogP contribution in [-0.2, 0) is 14.3 Å². The number of hydrogen-bond acceptors (Lipinski definition) is 5. The van der Waals surface area contributed by atoms with Crippen molar-refractivity contribution in [1.82, 2.24) is 0 Å². The molecule has 5 fully saturated rings. The predicted molar refractivity (Wildman–Crippen MR) is 133 cm³/mol. The second-order valence-corrected chi connectivity index (χ2v) is 15.0. The van der Waals surface area contributed by atoms with Gasteiger partial charge in [0.25, 0.3) is 0 Å². The van der Waals surface area contributed by atoms with Crippen LogP contribution in [0.5, 0.6) is 0 Å². The van der Waals surface area contributed by atoms with Crippen LogP contribution in [0.4, 0.5) is 0 Å². The number of carbonyl (C=O) groups is 1. The lowest BCUT2D eigenvalue weighted by molar-refractivity contribution is -0.346. The summed E-state index contributed by atoms with van der Waals surface area (Å²) in [5.74, 6) is 0.858. The van der Waals surface area contributed by atoms with Crippen LogP contribution in [0.25, 0.3) is 0 Å². The molecule has 2 heterocycles. The van der Waals surface area contributed by atoms with Crippen LogP contribution in [0.15, 0.2) is 11.8 Å². The molecule has 2 bridgehead atoms. The third-order valence-corrected chi connectivity index (χ3v) is 12.5. The van der Waals surface area contributed by atoms with Gasteiger partial charge in [-0.25, -0.2) is 0 Å². The summed E-state index contributed by atoms with van der Waals surface area (Å²) < 4.78 is 13.6. The van der Waals surface area contributed by atoms with Crippen molar-refractivity contribution in [2.45, 2.75) is 111 Å². The van der Waals surface area contributed by atoms with Crippen LogP contribution >= 0.6 is 0 Å². The minimum atomic E-state index is -0.813. The number of ketones is 1. The van der Waals surface area contributed by atoms with Crippen molar-refractivity contribution >= 4 is 5.78 Å². The second-order valence-electron chi connectivity index (χ2n) is 15.0. The summed E-state index contributed by atoms with van der Waals surface area (Å²) >= 11 is 0. The molecule has 5 nitrogen and oxygen atoms in total. The van der Waals surface area contributed by atoms with E-state index in [-0.39, 0.29) is 46.2 Å². The number of ether oxygens (including phenoxy) is 2. The molecule has 0 radical (unpaired) electrons. The minimum Gasteiger partial charge on any atom is -0.512 e. The van der Waals surface area contributed by atoms with Crippen molar-refractivity contribution in [2.75, 3.05) is 6.61 Å². The first kappa shape index (κ1) is 24.4. The number of allylic oxidation sites excluding steroid dienone is 2. The maximum absolute atomic E-state index is 13.7. The molecule has 6 aliphatic rings. The van der Waals surface area contributed by atoms with Gasteiger partial charge in [0.15, 0.2) is 11.6 Å². The normalized spacial score (nSPS) is 56.2. The highest BCUT2D eigenvalue weighted by atomic mass is 16.7. The van der Waals surface area contributed by atoms with E-state index in [1.165, 1.54) is 6.08 Å². The Bertz CT molecular complexity index is 981. The molecule has 2 spiro atoms. The molecule has 0 aromatic rings. The van der Waals surface area contributed by atoms with E-state index < -0.39 is 22.2 Å². The van der Waals surface area contributed by atoms with Gasteiger partial charge in [0.1, 0.15) is 5.76 Å². The molecule has 2 aliphatic heterocycles. The van der Waals surface area contributed by atoms with Gasteiger partial charge in [0.2, 0.25) is 0 Å². The van der Waals surface area contributed by atoms with E-state index in [1.54, 1.807) is 0 Å². The van der Waals surface area contributed by atoms with Crippen LogP contribution in [0.1, 0.15) is 93.4 Å². The standard InChI is InChI=1S/C30H46O5/c1-17(2)12-18-14-27(6,33)24-19-8-9-21-26(5,29(19)15-30(24,35-18)34-16-29)11-10-20-25(3,4)22(31)13-23(32)28(20,21)7/h13,17-21,24,31,33H,8-12,14-16H2,1-7H3/t18-,19-,20+,21+,24+,26-,27+,28+,29+,30+/m1/s1. The van der Waals surface area contributed by atoms with Crippen molar-refractivity contribution in [2.24, 2.45) is 51.2 Å². The van der Waals surface area contributed by atoms with Gasteiger partial charge in [-0.2, -0.15) is 0 Å². The van der Waals surface area contributed by atoms with Crippen molar-refractivity contribution < 1.29 is 24.5 Å². The first-order valence-electron chi connectivity index (χ1n) is 14.1. The van der Waals surface area contributed by atoms with E-state index in [2.05, 4.69) is 41.5 Å². The topological polar surface area (TPSA) is 76.0 Å². The average molecular weight is 487 g/mol. The third kappa shape index (κ3) is 2.74. The van der Waals surface area contributed by atoms with Crippen LogP contribution in [0, 0.1) is 51.2 Å². The molecule has 5 heteroatoms. The fourth-order valence-electron chi connectivity index (χ4n) is 11.2.